The van der Waals surface area contributed by atoms with E-state index in [1.54, 1.807) is 4.90 Å². The smallest absolute Gasteiger partial charge is 0.308 e. The number of nitrogens with zero attached hydrogens (tertiary/aromatic N) is 1. The third-order valence-corrected chi connectivity index (χ3v) is 5.45. The monoisotopic (exact) mass is 389 g/mol. The SMILES string of the molecule is O=C(O)C1CC(=O)N(CCc2ccccc2OCc2cccc3ccccc23)C1. The highest BCUT2D eigenvalue weighted by molar-refractivity contribution is 5.86. The van der Waals surface area contributed by atoms with Gasteiger partial charge in [0.05, 0.1) is 5.92 Å². The number of benzene rings is 3. The van der Waals surface area contributed by atoms with Crippen LogP contribution in [-0.2, 0) is 22.6 Å². The summed E-state index contributed by atoms with van der Waals surface area (Å²) in [6, 6.07) is 22.2. The molecule has 1 aliphatic rings. The van der Waals surface area contributed by atoms with Crippen molar-refractivity contribution in [2.75, 3.05) is 13.1 Å². The lowest BCUT2D eigenvalue weighted by Gasteiger charge is -2.18. The molecule has 1 fully saturated rings. The number of rotatable bonds is 7. The molecule has 0 radical (unpaired) electrons. The van der Waals surface area contributed by atoms with Gasteiger partial charge in [0.1, 0.15) is 12.4 Å². The van der Waals surface area contributed by atoms with E-state index in [4.69, 9.17) is 9.84 Å². The Morgan fingerprint density at radius 1 is 1.00 bits per heavy atom. The van der Waals surface area contributed by atoms with Crippen LogP contribution >= 0.6 is 0 Å². The Kier molecular flexibility index (Phi) is 5.47. The number of likely N-dealkylation sites (tertiary alicyclic amines) is 1. The lowest BCUT2D eigenvalue weighted by Crippen LogP contribution is -2.28. The largest absolute Gasteiger partial charge is 0.489 e. The minimum Gasteiger partial charge on any atom is -0.489 e. The van der Waals surface area contributed by atoms with E-state index in [2.05, 4.69) is 24.3 Å². The molecule has 0 spiro atoms. The summed E-state index contributed by atoms with van der Waals surface area (Å²) in [5.41, 5.74) is 2.14. The molecule has 1 amide bonds. The maximum atomic E-state index is 12.1. The third kappa shape index (κ3) is 4.24. The van der Waals surface area contributed by atoms with E-state index in [0.29, 0.717) is 19.6 Å². The average Bonchev–Trinajstić information content (AvgIpc) is 3.12. The topological polar surface area (TPSA) is 66.8 Å². The zero-order valence-electron chi connectivity index (χ0n) is 16.1. The van der Waals surface area contributed by atoms with Gasteiger partial charge in [-0.05, 0) is 34.4 Å². The lowest BCUT2D eigenvalue weighted by atomic mass is 10.1. The number of aliphatic carboxylic acids is 1. The van der Waals surface area contributed by atoms with E-state index >= 15 is 0 Å². The first-order valence-electron chi connectivity index (χ1n) is 9.80. The fourth-order valence-electron chi connectivity index (χ4n) is 3.83. The number of hydrogen-bond donors (Lipinski definition) is 1. The molecule has 0 aliphatic carbocycles. The van der Waals surface area contributed by atoms with Crippen molar-refractivity contribution in [2.24, 2.45) is 5.92 Å². The van der Waals surface area contributed by atoms with E-state index in [1.165, 1.54) is 10.8 Å². The van der Waals surface area contributed by atoms with Crippen molar-refractivity contribution in [2.45, 2.75) is 19.4 Å². The van der Waals surface area contributed by atoms with Crippen LogP contribution in [0.3, 0.4) is 0 Å². The molecule has 1 aliphatic heterocycles. The normalized spacial score (nSPS) is 16.3. The molecule has 4 rings (SSSR count). The fraction of sp³-hybridized carbons (Fsp3) is 0.250. The molecule has 148 valence electrons. The zero-order valence-corrected chi connectivity index (χ0v) is 16.1. The standard InChI is InChI=1S/C24H23NO4/c26-23-14-20(24(27)28)15-25(23)13-12-18-7-2-4-11-22(18)29-16-19-9-5-8-17-6-1-3-10-21(17)19/h1-11,20H,12-16H2,(H,27,28). The molecule has 1 heterocycles. The first-order chi connectivity index (χ1) is 14.1. The van der Waals surface area contributed by atoms with Crippen LogP contribution in [0.4, 0.5) is 0 Å². The van der Waals surface area contributed by atoms with Crippen molar-refractivity contribution in [1.82, 2.24) is 4.90 Å². The molecular formula is C24H23NO4. The van der Waals surface area contributed by atoms with Gasteiger partial charge in [-0.2, -0.15) is 0 Å². The Morgan fingerprint density at radius 2 is 1.72 bits per heavy atom. The molecule has 1 N–H and O–H groups in total. The molecule has 5 nitrogen and oxygen atoms in total. The second kappa shape index (κ2) is 8.35. The molecule has 0 aromatic heterocycles. The van der Waals surface area contributed by atoms with Gasteiger partial charge >= 0.3 is 5.97 Å². The van der Waals surface area contributed by atoms with Gasteiger partial charge in [0, 0.05) is 19.5 Å². The second-order valence-electron chi connectivity index (χ2n) is 7.36. The highest BCUT2D eigenvalue weighted by Gasteiger charge is 2.33. The summed E-state index contributed by atoms with van der Waals surface area (Å²) in [4.78, 5) is 24.8. The number of hydrogen-bond acceptors (Lipinski definition) is 3. The van der Waals surface area contributed by atoms with E-state index in [1.807, 2.05) is 42.5 Å². The van der Waals surface area contributed by atoms with Crippen molar-refractivity contribution in [3.05, 3.63) is 77.9 Å². The van der Waals surface area contributed by atoms with Crippen LogP contribution in [0.15, 0.2) is 66.7 Å². The van der Waals surface area contributed by atoms with Gasteiger partial charge in [0.25, 0.3) is 0 Å². The minimum absolute atomic E-state index is 0.0912. The van der Waals surface area contributed by atoms with E-state index in [-0.39, 0.29) is 18.9 Å². The average molecular weight is 389 g/mol. The molecule has 1 atom stereocenters. The van der Waals surface area contributed by atoms with Gasteiger partial charge in [-0.3, -0.25) is 9.59 Å². The highest BCUT2D eigenvalue weighted by Crippen LogP contribution is 2.25. The summed E-state index contributed by atoms with van der Waals surface area (Å²) in [6.45, 7) is 1.24. The summed E-state index contributed by atoms with van der Waals surface area (Å²) in [5, 5.41) is 11.5. The van der Waals surface area contributed by atoms with Crippen LogP contribution in [0.5, 0.6) is 5.75 Å². The van der Waals surface area contributed by atoms with Gasteiger partial charge in [-0.25, -0.2) is 0 Å². The Hall–Kier alpha value is -3.34. The van der Waals surface area contributed by atoms with Crippen molar-refractivity contribution >= 4 is 22.6 Å². The predicted molar refractivity (Wildman–Crippen MR) is 111 cm³/mol. The molecular weight excluding hydrogens is 366 g/mol. The van der Waals surface area contributed by atoms with E-state index in [9.17, 15) is 9.59 Å². The molecule has 3 aromatic carbocycles. The Labute approximate surface area is 169 Å². The number of fused-ring (bicyclic) bond motifs is 1. The molecule has 0 saturated carbocycles. The van der Waals surface area contributed by atoms with Crippen LogP contribution in [0.1, 0.15) is 17.5 Å². The van der Waals surface area contributed by atoms with Gasteiger partial charge < -0.3 is 14.7 Å². The van der Waals surface area contributed by atoms with Crippen molar-refractivity contribution in [3.63, 3.8) is 0 Å². The van der Waals surface area contributed by atoms with Gasteiger partial charge in [0.15, 0.2) is 0 Å². The molecule has 29 heavy (non-hydrogen) atoms. The van der Waals surface area contributed by atoms with Crippen LogP contribution < -0.4 is 4.74 Å². The molecule has 0 bridgehead atoms. The molecule has 1 unspecified atom stereocenters. The molecule has 1 saturated heterocycles. The number of carboxylic acids is 1. The number of ether oxygens (including phenoxy) is 1. The van der Waals surface area contributed by atoms with Crippen LogP contribution in [-0.4, -0.2) is 35.0 Å². The fourth-order valence-corrected chi connectivity index (χ4v) is 3.83. The zero-order chi connectivity index (χ0) is 20.2. The maximum absolute atomic E-state index is 12.1. The second-order valence-corrected chi connectivity index (χ2v) is 7.36. The summed E-state index contributed by atoms with van der Waals surface area (Å²) in [7, 11) is 0. The van der Waals surface area contributed by atoms with Gasteiger partial charge in [-0.1, -0.05) is 60.7 Å². The number of para-hydroxylation sites is 1. The Morgan fingerprint density at radius 3 is 2.55 bits per heavy atom. The third-order valence-electron chi connectivity index (χ3n) is 5.45. The van der Waals surface area contributed by atoms with E-state index < -0.39 is 11.9 Å². The summed E-state index contributed by atoms with van der Waals surface area (Å²) < 4.78 is 6.14. The predicted octanol–water partition coefficient (Wildman–Crippen LogP) is 3.89. The minimum atomic E-state index is -0.903. The summed E-state index contributed by atoms with van der Waals surface area (Å²) >= 11 is 0. The van der Waals surface area contributed by atoms with Crippen molar-refractivity contribution < 1.29 is 19.4 Å². The number of carboxylic acid groups (broad SMARTS) is 1. The number of carbonyl (C=O) groups is 2. The first kappa shape index (κ1) is 19.0. The van der Waals surface area contributed by atoms with E-state index in [0.717, 1.165) is 16.9 Å². The maximum Gasteiger partial charge on any atom is 0.308 e. The van der Waals surface area contributed by atoms with Crippen LogP contribution in [0.25, 0.3) is 10.8 Å². The summed E-state index contributed by atoms with van der Waals surface area (Å²) in [6.07, 6.45) is 0.721. The summed E-state index contributed by atoms with van der Waals surface area (Å²) in [5.74, 6) is -0.798. The van der Waals surface area contributed by atoms with Gasteiger partial charge in [0.2, 0.25) is 5.91 Å². The van der Waals surface area contributed by atoms with Crippen molar-refractivity contribution in [3.8, 4) is 5.75 Å². The Bertz CT molecular complexity index is 1040. The van der Waals surface area contributed by atoms with Crippen molar-refractivity contribution in [1.29, 1.82) is 0 Å². The first-order valence-corrected chi connectivity index (χ1v) is 9.80. The molecule has 5 heteroatoms. The molecule has 3 aromatic rings. The van der Waals surface area contributed by atoms with Gasteiger partial charge in [-0.15, -0.1) is 0 Å². The Balaban J connectivity index is 1.43. The number of carbonyl (C=O) groups excluding carboxylic acids is 1. The van der Waals surface area contributed by atoms with Crippen LogP contribution in [0, 0.1) is 5.92 Å². The quantitative estimate of drug-likeness (QED) is 0.666. The highest BCUT2D eigenvalue weighted by atomic mass is 16.5. The van der Waals surface area contributed by atoms with Crippen LogP contribution in [0.2, 0.25) is 0 Å². The number of amides is 1. The lowest BCUT2D eigenvalue weighted by molar-refractivity contribution is -0.141.